The van der Waals surface area contributed by atoms with Crippen LogP contribution in [-0.4, -0.2) is 26.4 Å². The van der Waals surface area contributed by atoms with Gasteiger partial charge in [-0.05, 0) is 24.6 Å². The number of carbonyl (C=O) groups excluding carboxylic acids is 1. The summed E-state index contributed by atoms with van der Waals surface area (Å²) in [4.78, 5) is 11.5. The van der Waals surface area contributed by atoms with Crippen LogP contribution in [0.25, 0.3) is 0 Å². The zero-order chi connectivity index (χ0) is 13.3. The second-order valence-corrected chi connectivity index (χ2v) is 11.1. The Labute approximate surface area is 106 Å². The fourth-order valence-corrected chi connectivity index (χ4v) is 3.11. The van der Waals surface area contributed by atoms with Crippen LogP contribution in [0.2, 0.25) is 18.1 Å². The number of rotatable bonds is 4. The summed E-state index contributed by atoms with van der Waals surface area (Å²) in [7, 11) is -1.80. The molecule has 4 heteroatoms. The van der Waals surface area contributed by atoms with Gasteiger partial charge < -0.3 is 9.74 Å². The van der Waals surface area contributed by atoms with Gasteiger partial charge in [0.05, 0.1) is 18.6 Å². The topological polar surface area (TPSA) is 38.3 Å². The molecule has 98 valence electrons. The van der Waals surface area contributed by atoms with Crippen molar-refractivity contribution in [3.63, 3.8) is 0 Å². The maximum absolute atomic E-state index is 11.5. The van der Waals surface area contributed by atoms with Crippen molar-refractivity contribution < 1.29 is 9.22 Å². The molecule has 3 nitrogen and oxygen atoms in total. The Morgan fingerprint density at radius 2 is 2.12 bits per heavy atom. The van der Waals surface area contributed by atoms with Crippen molar-refractivity contribution in [1.29, 1.82) is 0 Å². The van der Waals surface area contributed by atoms with Gasteiger partial charge in [-0.2, -0.15) is 0 Å². The van der Waals surface area contributed by atoms with E-state index in [0.29, 0.717) is 6.42 Å². The lowest BCUT2D eigenvalue weighted by Crippen LogP contribution is -2.46. The zero-order valence-corrected chi connectivity index (χ0v) is 12.7. The Morgan fingerprint density at radius 3 is 2.59 bits per heavy atom. The largest absolute Gasteiger partial charge is 0.411 e. The number of nitrogens with one attached hydrogen (secondary N) is 1. The Kier molecular flexibility index (Phi) is 4.20. The third kappa shape index (κ3) is 3.42. The van der Waals surface area contributed by atoms with Gasteiger partial charge in [0.15, 0.2) is 8.32 Å². The molecule has 0 aromatic carbocycles. The molecule has 1 rings (SSSR count). The van der Waals surface area contributed by atoms with Crippen LogP contribution >= 0.6 is 0 Å². The Morgan fingerprint density at radius 1 is 1.53 bits per heavy atom. The predicted octanol–water partition coefficient (Wildman–Crippen LogP) is 2.84. The molecule has 0 spiro atoms. The van der Waals surface area contributed by atoms with E-state index in [4.69, 9.17) is 4.43 Å². The van der Waals surface area contributed by atoms with Gasteiger partial charge in [0.2, 0.25) is 5.91 Å². The van der Waals surface area contributed by atoms with Gasteiger partial charge in [-0.25, -0.2) is 0 Å². The first-order chi connectivity index (χ1) is 7.67. The summed E-state index contributed by atoms with van der Waals surface area (Å²) < 4.78 is 6.31. The molecule has 0 saturated carbocycles. The molecule has 0 bridgehead atoms. The number of amides is 1. The third-order valence-corrected chi connectivity index (χ3v) is 8.36. The van der Waals surface area contributed by atoms with E-state index in [-0.39, 0.29) is 23.1 Å². The molecule has 0 aromatic rings. The van der Waals surface area contributed by atoms with Crippen LogP contribution in [0.4, 0.5) is 0 Å². The second kappa shape index (κ2) is 4.94. The summed E-state index contributed by atoms with van der Waals surface area (Å²) in [5.41, 5.74) is 0. The first-order valence-corrected chi connectivity index (χ1v) is 9.16. The van der Waals surface area contributed by atoms with Crippen molar-refractivity contribution in [2.24, 2.45) is 0 Å². The van der Waals surface area contributed by atoms with Crippen molar-refractivity contribution in [3.05, 3.63) is 12.7 Å². The van der Waals surface area contributed by atoms with Crippen LogP contribution in [-0.2, 0) is 9.22 Å². The third-order valence-electron chi connectivity index (χ3n) is 3.85. The van der Waals surface area contributed by atoms with Crippen LogP contribution < -0.4 is 5.32 Å². The summed E-state index contributed by atoms with van der Waals surface area (Å²) >= 11 is 0. The van der Waals surface area contributed by atoms with Crippen LogP contribution in [0.1, 0.15) is 33.6 Å². The smallest absolute Gasteiger partial charge is 0.222 e. The second-order valence-electron chi connectivity index (χ2n) is 6.32. The molecule has 2 atom stereocenters. The van der Waals surface area contributed by atoms with Gasteiger partial charge >= 0.3 is 0 Å². The van der Waals surface area contributed by atoms with Crippen LogP contribution in [0.5, 0.6) is 0 Å². The van der Waals surface area contributed by atoms with Crippen molar-refractivity contribution in [2.75, 3.05) is 0 Å². The average molecular weight is 255 g/mol. The first-order valence-electron chi connectivity index (χ1n) is 6.25. The van der Waals surface area contributed by atoms with E-state index >= 15 is 0 Å². The minimum Gasteiger partial charge on any atom is -0.411 e. The van der Waals surface area contributed by atoms with Crippen LogP contribution in [0.15, 0.2) is 12.7 Å². The summed E-state index contributed by atoms with van der Waals surface area (Å²) in [6, 6.07) is 0.106. The number of carbonyl (C=O) groups is 1. The van der Waals surface area contributed by atoms with E-state index in [9.17, 15) is 4.79 Å². The molecule has 1 aliphatic heterocycles. The zero-order valence-electron chi connectivity index (χ0n) is 11.7. The molecule has 0 unspecified atom stereocenters. The Bertz CT molecular complexity index is 307. The van der Waals surface area contributed by atoms with E-state index in [1.54, 1.807) is 0 Å². The summed E-state index contributed by atoms with van der Waals surface area (Å²) in [5, 5.41) is 3.14. The molecule has 1 aliphatic rings. The van der Waals surface area contributed by atoms with Gasteiger partial charge in [0.1, 0.15) is 0 Å². The molecule has 0 aliphatic carbocycles. The van der Waals surface area contributed by atoms with Gasteiger partial charge in [0, 0.05) is 0 Å². The Hall–Kier alpha value is -0.613. The quantitative estimate of drug-likeness (QED) is 0.619. The minimum absolute atomic E-state index is 0.0152. The minimum atomic E-state index is -1.80. The van der Waals surface area contributed by atoms with Crippen molar-refractivity contribution in [3.8, 4) is 0 Å². The van der Waals surface area contributed by atoms with Gasteiger partial charge in [-0.1, -0.05) is 26.8 Å². The van der Waals surface area contributed by atoms with Gasteiger partial charge in [-0.15, -0.1) is 6.58 Å². The van der Waals surface area contributed by atoms with E-state index in [1.165, 1.54) is 0 Å². The lowest BCUT2D eigenvalue weighted by atomic mass is 10.1. The summed E-state index contributed by atoms with van der Waals surface area (Å²) in [5.74, 6) is 0.0977. The molecule has 1 saturated heterocycles. The SMILES string of the molecule is C=CC[C@H]1NC(=O)C[C@H]1O[Si](C)(C)C(C)(C)C. The van der Waals surface area contributed by atoms with Crippen molar-refractivity contribution >= 4 is 14.2 Å². The van der Waals surface area contributed by atoms with Crippen LogP contribution in [0.3, 0.4) is 0 Å². The fraction of sp³-hybridized carbons (Fsp3) is 0.769. The van der Waals surface area contributed by atoms with Crippen LogP contribution in [0, 0.1) is 0 Å². The molecule has 0 radical (unpaired) electrons. The highest BCUT2D eigenvalue weighted by Gasteiger charge is 2.43. The highest BCUT2D eigenvalue weighted by Crippen LogP contribution is 2.38. The highest BCUT2D eigenvalue weighted by atomic mass is 28.4. The molecule has 17 heavy (non-hydrogen) atoms. The van der Waals surface area contributed by atoms with Crippen molar-refractivity contribution in [2.45, 2.75) is 63.9 Å². The lowest BCUT2D eigenvalue weighted by Gasteiger charge is -2.39. The van der Waals surface area contributed by atoms with E-state index < -0.39 is 8.32 Å². The molecule has 0 aromatic heterocycles. The molecule has 1 fully saturated rings. The monoisotopic (exact) mass is 255 g/mol. The average Bonchev–Trinajstić information content (AvgIpc) is 2.44. The fourth-order valence-electron chi connectivity index (χ4n) is 1.75. The Balaban J connectivity index is 2.73. The van der Waals surface area contributed by atoms with E-state index in [1.807, 2.05) is 6.08 Å². The van der Waals surface area contributed by atoms with Gasteiger partial charge in [-0.3, -0.25) is 4.79 Å². The van der Waals surface area contributed by atoms with E-state index in [2.05, 4.69) is 45.8 Å². The highest BCUT2D eigenvalue weighted by molar-refractivity contribution is 6.74. The first kappa shape index (κ1) is 14.4. The summed E-state index contributed by atoms with van der Waals surface area (Å²) in [6.07, 6.45) is 3.13. The van der Waals surface area contributed by atoms with Gasteiger partial charge in [0.25, 0.3) is 0 Å². The standard InChI is InChI=1S/C13H25NO2Si/c1-7-8-10-11(9-12(15)14-10)16-17(5,6)13(2,3)4/h7,10-11H,1,8-9H2,2-6H3,(H,14,15)/t10-,11-/m1/s1. The molecule has 1 amide bonds. The normalized spacial score (nSPS) is 25.8. The number of hydrogen-bond donors (Lipinski definition) is 1. The van der Waals surface area contributed by atoms with E-state index in [0.717, 1.165) is 6.42 Å². The lowest BCUT2D eigenvalue weighted by molar-refractivity contribution is -0.119. The maximum atomic E-state index is 11.5. The summed E-state index contributed by atoms with van der Waals surface area (Å²) in [6.45, 7) is 14.8. The van der Waals surface area contributed by atoms with Crippen molar-refractivity contribution in [1.82, 2.24) is 5.32 Å². The predicted molar refractivity (Wildman–Crippen MR) is 73.4 cm³/mol. The molecular formula is C13H25NO2Si. The molecule has 1 heterocycles. The number of hydrogen-bond acceptors (Lipinski definition) is 2. The molecule has 1 N–H and O–H groups in total. The maximum Gasteiger partial charge on any atom is 0.222 e. The molecular weight excluding hydrogens is 230 g/mol.